The van der Waals surface area contributed by atoms with E-state index in [1.54, 1.807) is 0 Å². The first-order valence-corrected chi connectivity index (χ1v) is 8.22. The number of rotatable bonds is 1. The zero-order valence-electron chi connectivity index (χ0n) is 12.9. The molecule has 0 radical (unpaired) electrons. The molecular formula is C18H28N2. The standard InChI is InChI=1S/C18H28N2/c1-13-10-14(2)12-20(11-13)17-9-5-7-15-6-3-4-8-16(15)18(17)19/h3-4,6,8,13-14,17-18H,5,7,9-12,19H2,1-2H3. The van der Waals surface area contributed by atoms with Crippen LogP contribution in [0.2, 0.25) is 0 Å². The Morgan fingerprint density at radius 2 is 1.80 bits per heavy atom. The van der Waals surface area contributed by atoms with Gasteiger partial charge in [-0.3, -0.25) is 4.90 Å². The Labute approximate surface area is 123 Å². The lowest BCUT2D eigenvalue weighted by Gasteiger charge is -2.42. The lowest BCUT2D eigenvalue weighted by Crippen LogP contribution is -2.49. The summed E-state index contributed by atoms with van der Waals surface area (Å²) < 4.78 is 0. The molecule has 2 heteroatoms. The van der Waals surface area contributed by atoms with Crippen molar-refractivity contribution in [1.29, 1.82) is 0 Å². The molecule has 0 saturated carbocycles. The van der Waals surface area contributed by atoms with E-state index in [1.165, 1.54) is 49.9 Å². The third-order valence-corrected chi connectivity index (χ3v) is 5.14. The van der Waals surface area contributed by atoms with Gasteiger partial charge in [0.1, 0.15) is 0 Å². The summed E-state index contributed by atoms with van der Waals surface area (Å²) in [4.78, 5) is 2.69. The van der Waals surface area contributed by atoms with Gasteiger partial charge in [-0.2, -0.15) is 0 Å². The maximum Gasteiger partial charge on any atom is 0.0455 e. The molecule has 1 fully saturated rings. The second-order valence-corrected chi connectivity index (χ2v) is 7.08. The van der Waals surface area contributed by atoms with E-state index >= 15 is 0 Å². The highest BCUT2D eigenvalue weighted by Gasteiger charge is 2.33. The molecule has 2 nitrogen and oxygen atoms in total. The van der Waals surface area contributed by atoms with Crippen LogP contribution in [-0.2, 0) is 6.42 Å². The van der Waals surface area contributed by atoms with Crippen LogP contribution in [0.1, 0.15) is 50.3 Å². The number of piperidine rings is 1. The molecule has 4 unspecified atom stereocenters. The molecule has 0 aromatic heterocycles. The Hall–Kier alpha value is -0.860. The van der Waals surface area contributed by atoms with Crippen molar-refractivity contribution >= 4 is 0 Å². The van der Waals surface area contributed by atoms with E-state index in [9.17, 15) is 0 Å². The van der Waals surface area contributed by atoms with E-state index in [2.05, 4.69) is 43.0 Å². The Kier molecular flexibility index (Phi) is 4.13. The summed E-state index contributed by atoms with van der Waals surface area (Å²) in [6, 6.07) is 9.52. The summed E-state index contributed by atoms with van der Waals surface area (Å²) in [7, 11) is 0. The summed E-state index contributed by atoms with van der Waals surface area (Å²) in [6.45, 7) is 7.23. The minimum absolute atomic E-state index is 0.186. The molecule has 3 rings (SSSR count). The smallest absolute Gasteiger partial charge is 0.0455 e. The van der Waals surface area contributed by atoms with Crippen LogP contribution in [0.25, 0.3) is 0 Å². The lowest BCUT2D eigenvalue weighted by atomic mass is 9.88. The van der Waals surface area contributed by atoms with Crippen molar-refractivity contribution in [1.82, 2.24) is 4.90 Å². The Morgan fingerprint density at radius 3 is 2.55 bits per heavy atom. The van der Waals surface area contributed by atoms with E-state index < -0.39 is 0 Å². The summed E-state index contributed by atoms with van der Waals surface area (Å²) in [5, 5.41) is 0. The van der Waals surface area contributed by atoms with E-state index in [0.717, 1.165) is 11.8 Å². The number of hydrogen-bond donors (Lipinski definition) is 1. The second-order valence-electron chi connectivity index (χ2n) is 7.08. The number of nitrogens with zero attached hydrogens (tertiary/aromatic N) is 1. The summed E-state index contributed by atoms with van der Waals surface area (Å²) in [5.74, 6) is 1.62. The molecule has 20 heavy (non-hydrogen) atoms. The molecule has 1 aromatic rings. The summed E-state index contributed by atoms with van der Waals surface area (Å²) >= 11 is 0. The van der Waals surface area contributed by atoms with Gasteiger partial charge in [0.25, 0.3) is 0 Å². The molecular weight excluding hydrogens is 244 g/mol. The topological polar surface area (TPSA) is 29.3 Å². The fourth-order valence-corrected chi connectivity index (χ4v) is 4.37. The van der Waals surface area contributed by atoms with Crippen molar-refractivity contribution in [3.63, 3.8) is 0 Å². The Balaban J connectivity index is 1.83. The van der Waals surface area contributed by atoms with Crippen LogP contribution in [0.4, 0.5) is 0 Å². The molecule has 1 saturated heterocycles. The van der Waals surface area contributed by atoms with Gasteiger partial charge in [-0.1, -0.05) is 38.1 Å². The Morgan fingerprint density at radius 1 is 1.10 bits per heavy atom. The predicted molar refractivity (Wildman–Crippen MR) is 84.6 cm³/mol. The van der Waals surface area contributed by atoms with Crippen LogP contribution in [0, 0.1) is 11.8 Å². The normalized spacial score (nSPS) is 35.4. The molecule has 4 atom stereocenters. The van der Waals surface area contributed by atoms with Crippen LogP contribution < -0.4 is 5.73 Å². The van der Waals surface area contributed by atoms with Gasteiger partial charge in [0.05, 0.1) is 0 Å². The van der Waals surface area contributed by atoms with Gasteiger partial charge in [-0.05, 0) is 48.6 Å². The average Bonchev–Trinajstić information content (AvgIpc) is 2.58. The van der Waals surface area contributed by atoms with Crippen molar-refractivity contribution in [2.24, 2.45) is 17.6 Å². The quantitative estimate of drug-likeness (QED) is 0.794. The van der Waals surface area contributed by atoms with Crippen LogP contribution in [0.5, 0.6) is 0 Å². The maximum absolute atomic E-state index is 6.67. The van der Waals surface area contributed by atoms with E-state index in [4.69, 9.17) is 5.73 Å². The minimum atomic E-state index is 0.186. The Bertz CT molecular complexity index is 446. The highest BCUT2D eigenvalue weighted by Crippen LogP contribution is 2.33. The average molecular weight is 272 g/mol. The van der Waals surface area contributed by atoms with E-state index in [-0.39, 0.29) is 6.04 Å². The number of nitrogens with two attached hydrogens (primary N) is 1. The zero-order valence-corrected chi connectivity index (χ0v) is 12.9. The lowest BCUT2D eigenvalue weighted by molar-refractivity contribution is 0.0779. The third kappa shape index (κ3) is 2.77. The summed E-state index contributed by atoms with van der Waals surface area (Å²) in [5.41, 5.74) is 9.53. The number of aryl methyl sites for hydroxylation is 1. The molecule has 0 bridgehead atoms. The van der Waals surface area contributed by atoms with Gasteiger partial charge in [0.2, 0.25) is 0 Å². The molecule has 0 amide bonds. The molecule has 1 heterocycles. The van der Waals surface area contributed by atoms with Gasteiger partial charge in [0, 0.05) is 25.2 Å². The van der Waals surface area contributed by atoms with E-state index in [0.29, 0.717) is 6.04 Å². The first-order chi connectivity index (χ1) is 9.65. The molecule has 1 aromatic carbocycles. The first-order valence-electron chi connectivity index (χ1n) is 8.22. The third-order valence-electron chi connectivity index (χ3n) is 5.14. The highest BCUT2D eigenvalue weighted by molar-refractivity contribution is 5.32. The number of fused-ring (bicyclic) bond motifs is 1. The second kappa shape index (κ2) is 5.87. The van der Waals surface area contributed by atoms with Crippen LogP contribution in [0.15, 0.2) is 24.3 Å². The van der Waals surface area contributed by atoms with Gasteiger partial charge < -0.3 is 5.73 Å². The number of benzene rings is 1. The van der Waals surface area contributed by atoms with Crippen molar-refractivity contribution in [2.75, 3.05) is 13.1 Å². The highest BCUT2D eigenvalue weighted by atomic mass is 15.2. The first kappa shape index (κ1) is 14.1. The monoisotopic (exact) mass is 272 g/mol. The largest absolute Gasteiger partial charge is 0.323 e. The maximum atomic E-state index is 6.67. The van der Waals surface area contributed by atoms with Crippen LogP contribution in [-0.4, -0.2) is 24.0 Å². The SMILES string of the molecule is CC1CC(C)CN(C2CCCc3ccccc3C2N)C1. The van der Waals surface area contributed by atoms with Gasteiger partial charge in [-0.15, -0.1) is 0 Å². The molecule has 110 valence electrons. The van der Waals surface area contributed by atoms with Crippen molar-refractivity contribution < 1.29 is 0 Å². The van der Waals surface area contributed by atoms with Crippen molar-refractivity contribution in [2.45, 2.75) is 51.6 Å². The fourth-order valence-electron chi connectivity index (χ4n) is 4.37. The number of hydrogen-bond acceptors (Lipinski definition) is 2. The van der Waals surface area contributed by atoms with Crippen molar-refractivity contribution in [3.8, 4) is 0 Å². The van der Waals surface area contributed by atoms with E-state index in [1.807, 2.05) is 0 Å². The van der Waals surface area contributed by atoms with Crippen molar-refractivity contribution in [3.05, 3.63) is 35.4 Å². The van der Waals surface area contributed by atoms with Crippen LogP contribution in [0.3, 0.4) is 0 Å². The number of likely N-dealkylation sites (tertiary alicyclic amines) is 1. The molecule has 2 aliphatic rings. The molecule has 0 spiro atoms. The van der Waals surface area contributed by atoms with Gasteiger partial charge >= 0.3 is 0 Å². The van der Waals surface area contributed by atoms with Crippen LogP contribution >= 0.6 is 0 Å². The molecule has 1 aliphatic heterocycles. The molecule has 2 N–H and O–H groups in total. The molecule has 1 aliphatic carbocycles. The van der Waals surface area contributed by atoms with Gasteiger partial charge in [0.15, 0.2) is 0 Å². The minimum Gasteiger partial charge on any atom is -0.323 e. The fraction of sp³-hybridized carbons (Fsp3) is 0.667. The zero-order chi connectivity index (χ0) is 14.1. The van der Waals surface area contributed by atoms with Gasteiger partial charge in [-0.25, -0.2) is 0 Å². The predicted octanol–water partition coefficient (Wildman–Crippen LogP) is 3.37. The summed E-state index contributed by atoms with van der Waals surface area (Å²) in [6.07, 6.45) is 5.08.